The molecule has 1 rings (SSSR count). The summed E-state index contributed by atoms with van der Waals surface area (Å²) in [6.45, 7) is 2.04. The SMILES string of the molecule is CCc1cc(NC(=O)Br)ccc1OC. The molecule has 1 amide bonds. The first-order chi connectivity index (χ1) is 6.67. The summed E-state index contributed by atoms with van der Waals surface area (Å²) in [5, 5.41) is 2.65. The van der Waals surface area contributed by atoms with E-state index in [4.69, 9.17) is 4.74 Å². The molecule has 0 aliphatic carbocycles. The lowest BCUT2D eigenvalue weighted by atomic mass is 10.1. The molecule has 0 atom stereocenters. The molecule has 0 aromatic heterocycles. The molecule has 0 aliphatic heterocycles. The molecule has 14 heavy (non-hydrogen) atoms. The molecule has 0 bridgehead atoms. The zero-order chi connectivity index (χ0) is 10.6. The third-order valence-corrected chi connectivity index (χ3v) is 2.10. The predicted octanol–water partition coefficient (Wildman–Crippen LogP) is 3.18. The third-order valence-electron chi connectivity index (χ3n) is 1.90. The molecule has 1 aromatic carbocycles. The number of anilines is 1. The van der Waals surface area contributed by atoms with E-state index in [0.717, 1.165) is 23.4 Å². The van der Waals surface area contributed by atoms with Crippen LogP contribution in [0.1, 0.15) is 12.5 Å². The fraction of sp³-hybridized carbons (Fsp3) is 0.300. The van der Waals surface area contributed by atoms with Crippen molar-refractivity contribution in [1.82, 2.24) is 0 Å². The number of hydrogen-bond donors (Lipinski definition) is 1. The van der Waals surface area contributed by atoms with E-state index in [9.17, 15) is 4.79 Å². The summed E-state index contributed by atoms with van der Waals surface area (Å²) < 4.78 is 5.17. The number of methoxy groups -OCH3 is 1. The van der Waals surface area contributed by atoms with Gasteiger partial charge in [-0.05, 0) is 30.2 Å². The Balaban J connectivity index is 2.95. The zero-order valence-corrected chi connectivity index (χ0v) is 9.72. The Labute approximate surface area is 91.6 Å². The number of benzene rings is 1. The number of rotatable bonds is 3. The molecule has 76 valence electrons. The standard InChI is InChI=1S/C10H12BrNO2/c1-3-7-6-8(12-10(11)13)4-5-9(7)14-2/h4-6H,3H2,1-2H3,(H,12,13). The number of nitrogens with one attached hydrogen (secondary N) is 1. The second kappa shape index (κ2) is 5.00. The summed E-state index contributed by atoms with van der Waals surface area (Å²) in [5.41, 5.74) is 1.84. The predicted molar refractivity (Wildman–Crippen MR) is 60.3 cm³/mol. The monoisotopic (exact) mass is 257 g/mol. The van der Waals surface area contributed by atoms with Crippen LogP contribution < -0.4 is 10.1 Å². The summed E-state index contributed by atoms with van der Waals surface area (Å²) in [5.74, 6) is 0.847. The van der Waals surface area contributed by atoms with Gasteiger partial charge >= 0.3 is 0 Å². The van der Waals surface area contributed by atoms with Crippen LogP contribution in [-0.4, -0.2) is 11.9 Å². The van der Waals surface area contributed by atoms with Crippen molar-refractivity contribution in [2.75, 3.05) is 12.4 Å². The van der Waals surface area contributed by atoms with Crippen molar-refractivity contribution in [2.24, 2.45) is 0 Å². The first kappa shape index (κ1) is 11.0. The smallest absolute Gasteiger partial charge is 0.291 e. The van der Waals surface area contributed by atoms with E-state index in [-0.39, 0.29) is 4.82 Å². The molecule has 0 saturated carbocycles. The second-order valence-corrected chi connectivity index (χ2v) is 3.50. The van der Waals surface area contributed by atoms with E-state index in [0.29, 0.717) is 0 Å². The van der Waals surface area contributed by atoms with Gasteiger partial charge in [-0.15, -0.1) is 0 Å². The van der Waals surface area contributed by atoms with E-state index >= 15 is 0 Å². The highest BCUT2D eigenvalue weighted by Gasteiger charge is 2.03. The van der Waals surface area contributed by atoms with Crippen molar-refractivity contribution < 1.29 is 9.53 Å². The minimum absolute atomic E-state index is 0.246. The lowest BCUT2D eigenvalue weighted by Gasteiger charge is -2.08. The topological polar surface area (TPSA) is 38.3 Å². The molecule has 1 N–H and O–H groups in total. The number of carbonyl (C=O) groups excluding carboxylic acids is 1. The Bertz CT molecular complexity index is 339. The molecule has 0 radical (unpaired) electrons. The summed E-state index contributed by atoms with van der Waals surface area (Å²) in [7, 11) is 1.64. The molecule has 0 heterocycles. The Morgan fingerprint density at radius 2 is 2.29 bits per heavy atom. The van der Waals surface area contributed by atoms with Gasteiger partial charge in [0.25, 0.3) is 4.82 Å². The van der Waals surface area contributed by atoms with Gasteiger partial charge in [0.2, 0.25) is 0 Å². The van der Waals surface area contributed by atoms with Gasteiger partial charge < -0.3 is 10.1 Å². The highest BCUT2D eigenvalue weighted by Crippen LogP contribution is 2.23. The van der Waals surface area contributed by atoms with Crippen molar-refractivity contribution in [2.45, 2.75) is 13.3 Å². The fourth-order valence-corrected chi connectivity index (χ4v) is 1.48. The molecule has 1 aromatic rings. The fourth-order valence-electron chi connectivity index (χ4n) is 1.25. The minimum atomic E-state index is -0.246. The Morgan fingerprint density at radius 1 is 1.57 bits per heavy atom. The zero-order valence-electron chi connectivity index (χ0n) is 8.13. The van der Waals surface area contributed by atoms with Gasteiger partial charge in [0.1, 0.15) is 5.75 Å². The molecular weight excluding hydrogens is 246 g/mol. The molecule has 0 spiro atoms. The largest absolute Gasteiger partial charge is 0.496 e. The van der Waals surface area contributed by atoms with E-state index < -0.39 is 0 Å². The van der Waals surface area contributed by atoms with Crippen LogP contribution in [0.4, 0.5) is 10.5 Å². The van der Waals surface area contributed by atoms with Crippen LogP contribution in [0.25, 0.3) is 0 Å². The third kappa shape index (κ3) is 2.73. The highest BCUT2D eigenvalue weighted by molar-refractivity contribution is 9.18. The first-order valence-corrected chi connectivity index (χ1v) is 5.10. The van der Waals surface area contributed by atoms with Crippen molar-refractivity contribution in [3.63, 3.8) is 0 Å². The maximum absolute atomic E-state index is 10.7. The second-order valence-electron chi connectivity index (χ2n) is 2.78. The summed E-state index contributed by atoms with van der Waals surface area (Å²) >= 11 is 2.81. The van der Waals surface area contributed by atoms with E-state index in [2.05, 4.69) is 21.2 Å². The number of amides is 1. The Morgan fingerprint density at radius 3 is 2.79 bits per heavy atom. The van der Waals surface area contributed by atoms with Gasteiger partial charge in [0, 0.05) is 21.6 Å². The quantitative estimate of drug-likeness (QED) is 0.667. The molecule has 0 unspecified atom stereocenters. The van der Waals surface area contributed by atoms with Gasteiger partial charge in [-0.25, -0.2) is 0 Å². The number of carbonyl (C=O) groups is 1. The van der Waals surface area contributed by atoms with E-state index in [1.165, 1.54) is 0 Å². The van der Waals surface area contributed by atoms with Gasteiger partial charge in [-0.2, -0.15) is 0 Å². The van der Waals surface area contributed by atoms with Gasteiger partial charge in [0.15, 0.2) is 0 Å². The first-order valence-electron chi connectivity index (χ1n) is 4.30. The average molecular weight is 258 g/mol. The molecule has 3 nitrogen and oxygen atoms in total. The maximum atomic E-state index is 10.7. The van der Waals surface area contributed by atoms with Crippen LogP contribution in [0, 0.1) is 0 Å². The summed E-state index contributed by atoms with van der Waals surface area (Å²) in [4.78, 5) is 10.5. The van der Waals surface area contributed by atoms with Crippen LogP contribution in [0.5, 0.6) is 5.75 Å². The lowest BCUT2D eigenvalue weighted by molar-refractivity contribution is 0.270. The van der Waals surface area contributed by atoms with Crippen molar-refractivity contribution in [3.8, 4) is 5.75 Å². The van der Waals surface area contributed by atoms with E-state index in [1.54, 1.807) is 13.2 Å². The van der Waals surface area contributed by atoms with Gasteiger partial charge in [-0.1, -0.05) is 6.92 Å². The van der Waals surface area contributed by atoms with E-state index in [1.807, 2.05) is 19.1 Å². The molecule has 0 aliphatic rings. The number of hydrogen-bond acceptors (Lipinski definition) is 2. The van der Waals surface area contributed by atoms with Gasteiger partial charge in [0.05, 0.1) is 7.11 Å². The molecular formula is C10H12BrNO2. The number of ether oxygens (including phenoxy) is 1. The summed E-state index contributed by atoms with van der Waals surface area (Å²) in [6.07, 6.45) is 0.870. The maximum Gasteiger partial charge on any atom is 0.291 e. The van der Waals surface area contributed by atoms with Crippen molar-refractivity contribution >= 4 is 26.4 Å². The number of halogens is 1. The lowest BCUT2D eigenvalue weighted by Crippen LogP contribution is -2.01. The molecule has 0 fully saturated rings. The van der Waals surface area contributed by atoms with Crippen molar-refractivity contribution in [1.29, 1.82) is 0 Å². The van der Waals surface area contributed by atoms with Crippen molar-refractivity contribution in [3.05, 3.63) is 23.8 Å². The van der Waals surface area contributed by atoms with Crippen LogP contribution in [-0.2, 0) is 6.42 Å². The Kier molecular flexibility index (Phi) is 3.95. The van der Waals surface area contributed by atoms with Crippen LogP contribution in [0.15, 0.2) is 18.2 Å². The highest BCUT2D eigenvalue weighted by atomic mass is 79.9. The van der Waals surface area contributed by atoms with Crippen LogP contribution in [0.2, 0.25) is 0 Å². The van der Waals surface area contributed by atoms with Gasteiger partial charge in [-0.3, -0.25) is 4.79 Å². The average Bonchev–Trinajstić information content (AvgIpc) is 2.16. The Hall–Kier alpha value is -1.03. The molecule has 0 saturated heterocycles. The van der Waals surface area contributed by atoms with Crippen LogP contribution in [0.3, 0.4) is 0 Å². The molecule has 4 heteroatoms. The minimum Gasteiger partial charge on any atom is -0.496 e. The van der Waals surface area contributed by atoms with Crippen LogP contribution >= 0.6 is 15.9 Å². The normalized spacial score (nSPS) is 9.64. The summed E-state index contributed by atoms with van der Waals surface area (Å²) in [6, 6.07) is 5.55. The number of aryl methyl sites for hydroxylation is 1.